The van der Waals surface area contributed by atoms with Crippen molar-refractivity contribution in [3.8, 4) is 0 Å². The zero-order valence-corrected chi connectivity index (χ0v) is 14.4. The number of imide groups is 1. The average Bonchev–Trinajstić information content (AvgIpc) is 2.67. The lowest BCUT2D eigenvalue weighted by Crippen LogP contribution is -2.57. The minimum absolute atomic E-state index is 0.112. The Hall–Kier alpha value is -2.95. The fraction of sp³-hybridized carbons (Fsp3) is 0.286. The highest BCUT2D eigenvalue weighted by molar-refractivity contribution is 6.04. The van der Waals surface area contributed by atoms with Gasteiger partial charge in [-0.1, -0.05) is 48.5 Å². The Balaban J connectivity index is 1.57. The van der Waals surface area contributed by atoms with E-state index >= 15 is 0 Å². The van der Waals surface area contributed by atoms with E-state index in [1.54, 1.807) is 4.90 Å². The van der Waals surface area contributed by atoms with Crippen molar-refractivity contribution in [1.29, 1.82) is 0 Å². The molecule has 4 rings (SSSR count). The van der Waals surface area contributed by atoms with Crippen LogP contribution < -0.4 is 0 Å². The number of benzene rings is 2. The first-order chi connectivity index (χ1) is 12.6. The van der Waals surface area contributed by atoms with Gasteiger partial charge in [-0.15, -0.1) is 0 Å². The highest BCUT2D eigenvalue weighted by Crippen LogP contribution is 2.26. The molecule has 2 aromatic carbocycles. The number of carbonyl (C=O) groups excluding carboxylic acids is 3. The van der Waals surface area contributed by atoms with Crippen molar-refractivity contribution in [3.63, 3.8) is 0 Å². The second-order valence-electron chi connectivity index (χ2n) is 6.76. The summed E-state index contributed by atoms with van der Waals surface area (Å²) >= 11 is 0. The van der Waals surface area contributed by atoms with E-state index in [0.717, 1.165) is 17.5 Å². The third-order valence-corrected chi connectivity index (χ3v) is 5.17. The molecule has 0 radical (unpaired) electrons. The molecule has 0 saturated carbocycles. The number of carbonyl (C=O) groups is 3. The third-order valence-electron chi connectivity index (χ3n) is 5.17. The van der Waals surface area contributed by atoms with Crippen LogP contribution in [0.4, 0.5) is 0 Å². The van der Waals surface area contributed by atoms with Gasteiger partial charge in [0.1, 0.15) is 6.04 Å². The zero-order valence-electron chi connectivity index (χ0n) is 14.4. The van der Waals surface area contributed by atoms with Crippen LogP contribution in [0.5, 0.6) is 0 Å². The van der Waals surface area contributed by atoms with E-state index in [1.165, 1.54) is 4.90 Å². The molecule has 26 heavy (non-hydrogen) atoms. The Kier molecular flexibility index (Phi) is 4.29. The summed E-state index contributed by atoms with van der Waals surface area (Å²) in [5.41, 5.74) is 2.59. The molecule has 0 spiro atoms. The van der Waals surface area contributed by atoms with Gasteiger partial charge in [-0.2, -0.15) is 0 Å². The quantitative estimate of drug-likeness (QED) is 0.801. The van der Waals surface area contributed by atoms with Gasteiger partial charge >= 0.3 is 0 Å². The van der Waals surface area contributed by atoms with Crippen molar-refractivity contribution in [3.05, 3.63) is 71.3 Å². The molecule has 5 nitrogen and oxygen atoms in total. The first-order valence-corrected chi connectivity index (χ1v) is 8.92. The summed E-state index contributed by atoms with van der Waals surface area (Å²) in [6.45, 7) is 0.771. The molecule has 2 heterocycles. The van der Waals surface area contributed by atoms with Gasteiger partial charge in [-0.3, -0.25) is 19.3 Å². The highest BCUT2D eigenvalue weighted by Gasteiger charge is 2.41. The summed E-state index contributed by atoms with van der Waals surface area (Å²) in [6.07, 6.45) is 1.42. The van der Waals surface area contributed by atoms with E-state index in [1.807, 2.05) is 54.6 Å². The highest BCUT2D eigenvalue weighted by atomic mass is 16.2. The molecule has 2 aromatic rings. The van der Waals surface area contributed by atoms with Crippen molar-refractivity contribution in [2.45, 2.75) is 31.8 Å². The Labute approximate surface area is 152 Å². The maximum atomic E-state index is 13.0. The summed E-state index contributed by atoms with van der Waals surface area (Å²) in [5, 5.41) is 0. The fourth-order valence-corrected chi connectivity index (χ4v) is 3.78. The normalized spacial score (nSPS) is 20.3. The lowest BCUT2D eigenvalue weighted by atomic mass is 9.94. The molecule has 132 valence electrons. The molecule has 5 heteroatoms. The lowest BCUT2D eigenvalue weighted by Gasteiger charge is -2.39. The zero-order chi connectivity index (χ0) is 18.1. The monoisotopic (exact) mass is 348 g/mol. The van der Waals surface area contributed by atoms with Gasteiger partial charge < -0.3 is 4.90 Å². The number of amides is 3. The second-order valence-corrected chi connectivity index (χ2v) is 6.76. The molecule has 1 atom stereocenters. The molecule has 1 unspecified atom stereocenters. The SMILES string of the molecule is O=C1CCC(N2CCc3ccccc3C2=O)C(=O)N1Cc1ccccc1. The number of hydrogen-bond acceptors (Lipinski definition) is 3. The maximum Gasteiger partial charge on any atom is 0.254 e. The number of hydrogen-bond donors (Lipinski definition) is 0. The standard InChI is InChI=1S/C21H20N2O3/c24-19-11-10-18(21(26)23(19)14-15-6-2-1-3-7-15)22-13-12-16-8-4-5-9-17(16)20(22)25/h1-9,18H,10-14H2. The van der Waals surface area contributed by atoms with Crippen LogP contribution in [0.3, 0.4) is 0 Å². The molecule has 1 saturated heterocycles. The van der Waals surface area contributed by atoms with E-state index in [2.05, 4.69) is 0 Å². The van der Waals surface area contributed by atoms with Crippen molar-refractivity contribution < 1.29 is 14.4 Å². The Morgan fingerprint density at radius 2 is 1.62 bits per heavy atom. The molecule has 1 fully saturated rings. The van der Waals surface area contributed by atoms with Gasteiger partial charge in [-0.05, 0) is 30.0 Å². The summed E-state index contributed by atoms with van der Waals surface area (Å²) in [5.74, 6) is -0.544. The van der Waals surface area contributed by atoms with Crippen molar-refractivity contribution in [2.24, 2.45) is 0 Å². The minimum Gasteiger partial charge on any atom is -0.326 e. The molecular weight excluding hydrogens is 328 g/mol. The number of nitrogens with zero attached hydrogens (tertiary/aromatic N) is 2. The van der Waals surface area contributed by atoms with E-state index < -0.39 is 6.04 Å². The van der Waals surface area contributed by atoms with Gasteiger partial charge in [0.05, 0.1) is 6.54 Å². The van der Waals surface area contributed by atoms with Crippen molar-refractivity contribution in [1.82, 2.24) is 9.80 Å². The van der Waals surface area contributed by atoms with Crippen LogP contribution in [0.25, 0.3) is 0 Å². The van der Waals surface area contributed by atoms with Crippen LogP contribution in [0, 0.1) is 0 Å². The molecule has 2 aliphatic rings. The molecule has 0 aromatic heterocycles. The van der Waals surface area contributed by atoms with Crippen LogP contribution in [0.2, 0.25) is 0 Å². The van der Waals surface area contributed by atoms with Crippen LogP contribution in [-0.4, -0.2) is 40.1 Å². The van der Waals surface area contributed by atoms with Gasteiger partial charge in [0, 0.05) is 18.5 Å². The van der Waals surface area contributed by atoms with Crippen LogP contribution in [-0.2, 0) is 22.6 Å². The van der Waals surface area contributed by atoms with Crippen molar-refractivity contribution in [2.75, 3.05) is 6.54 Å². The predicted molar refractivity (Wildman–Crippen MR) is 96.2 cm³/mol. The summed E-state index contributed by atoms with van der Waals surface area (Å²) < 4.78 is 0. The topological polar surface area (TPSA) is 57.7 Å². The first-order valence-electron chi connectivity index (χ1n) is 8.92. The number of piperidine rings is 1. The third kappa shape index (κ3) is 2.90. The molecule has 3 amide bonds. The second kappa shape index (κ2) is 6.75. The molecule has 2 aliphatic heterocycles. The lowest BCUT2D eigenvalue weighted by molar-refractivity contribution is -0.153. The molecular formula is C21H20N2O3. The fourth-order valence-electron chi connectivity index (χ4n) is 3.78. The smallest absolute Gasteiger partial charge is 0.254 e. The van der Waals surface area contributed by atoms with Crippen LogP contribution >= 0.6 is 0 Å². The molecule has 0 aliphatic carbocycles. The average molecular weight is 348 g/mol. The van der Waals surface area contributed by atoms with Crippen LogP contribution in [0.1, 0.15) is 34.3 Å². The van der Waals surface area contributed by atoms with Gasteiger partial charge in [0.25, 0.3) is 11.8 Å². The maximum absolute atomic E-state index is 13.0. The number of fused-ring (bicyclic) bond motifs is 1. The van der Waals surface area contributed by atoms with E-state index in [9.17, 15) is 14.4 Å². The summed E-state index contributed by atoms with van der Waals surface area (Å²) in [4.78, 5) is 41.2. The number of likely N-dealkylation sites (tertiary alicyclic amines) is 1. The summed E-state index contributed by atoms with van der Waals surface area (Å²) in [7, 11) is 0. The van der Waals surface area contributed by atoms with E-state index in [-0.39, 0.29) is 30.7 Å². The van der Waals surface area contributed by atoms with Gasteiger partial charge in [0.15, 0.2) is 0 Å². The molecule has 0 N–H and O–H groups in total. The Bertz CT molecular complexity index is 863. The van der Waals surface area contributed by atoms with Gasteiger partial charge in [0.2, 0.25) is 5.91 Å². The van der Waals surface area contributed by atoms with Crippen molar-refractivity contribution >= 4 is 17.7 Å². The first kappa shape index (κ1) is 16.5. The van der Waals surface area contributed by atoms with E-state index in [0.29, 0.717) is 18.5 Å². The van der Waals surface area contributed by atoms with E-state index in [4.69, 9.17) is 0 Å². The molecule has 0 bridgehead atoms. The minimum atomic E-state index is -0.558. The Morgan fingerprint density at radius 3 is 2.42 bits per heavy atom. The summed E-state index contributed by atoms with van der Waals surface area (Å²) in [6, 6.07) is 16.4. The number of rotatable bonds is 3. The van der Waals surface area contributed by atoms with Crippen LogP contribution in [0.15, 0.2) is 54.6 Å². The predicted octanol–water partition coefficient (Wildman–Crippen LogP) is 2.40. The Morgan fingerprint density at radius 1 is 0.885 bits per heavy atom. The largest absolute Gasteiger partial charge is 0.326 e. The van der Waals surface area contributed by atoms with Gasteiger partial charge in [-0.25, -0.2) is 0 Å².